The van der Waals surface area contributed by atoms with Crippen LogP contribution in [0.4, 0.5) is 4.79 Å². The minimum absolute atomic E-state index is 0.0187. The second-order valence-electron chi connectivity index (χ2n) is 9.92. The van der Waals surface area contributed by atoms with Crippen molar-refractivity contribution in [3.05, 3.63) is 0 Å². The molecule has 3 amide bonds. The molecular formula is C23H39N3O6. The molecule has 0 radical (unpaired) electrons. The molecule has 4 N–H and O–H groups in total. The van der Waals surface area contributed by atoms with E-state index in [1.807, 2.05) is 13.8 Å². The number of alkyl carbamates (subject to hydrolysis) is 1. The molecule has 0 aromatic carbocycles. The first-order chi connectivity index (χ1) is 15.1. The predicted octanol–water partition coefficient (Wildman–Crippen LogP) is 2.44. The van der Waals surface area contributed by atoms with E-state index in [9.17, 15) is 24.3 Å². The number of hydrogen-bond donors (Lipinski definition) is 4. The fraction of sp³-hybridized carbons (Fsp3) is 0.826. The van der Waals surface area contributed by atoms with Gasteiger partial charge in [0.25, 0.3) is 0 Å². The van der Waals surface area contributed by atoms with Crippen molar-refractivity contribution < 1.29 is 29.0 Å². The van der Waals surface area contributed by atoms with E-state index >= 15 is 0 Å². The van der Waals surface area contributed by atoms with Gasteiger partial charge in [-0.1, -0.05) is 27.7 Å². The standard InChI is InChI=1S/C23H39N3O6/c1-13(2)11-18(26-23(31)32-17-7-5-15(6-8-17)14(3)4)21(28)25-19(22(29)30)12-16-9-10-24-20(16)27/h13-19H,5-12H2,1-4H3,(H,24,27)(H,25,28)(H,26,31)(H,29,30)/t15?,16-,17?,18?,19?/m0/s1. The van der Waals surface area contributed by atoms with Crippen LogP contribution in [0.5, 0.6) is 0 Å². The second kappa shape index (κ2) is 12.1. The average Bonchev–Trinajstić information content (AvgIpc) is 3.11. The summed E-state index contributed by atoms with van der Waals surface area (Å²) in [4.78, 5) is 48.8. The maximum Gasteiger partial charge on any atom is 0.408 e. The third kappa shape index (κ3) is 7.98. The molecule has 0 aromatic rings. The quantitative estimate of drug-likeness (QED) is 0.401. The second-order valence-corrected chi connectivity index (χ2v) is 9.92. The van der Waals surface area contributed by atoms with E-state index < -0.39 is 36.0 Å². The lowest BCUT2D eigenvalue weighted by molar-refractivity contribution is -0.143. The summed E-state index contributed by atoms with van der Waals surface area (Å²) in [5.74, 6) is -1.07. The number of hydrogen-bond acceptors (Lipinski definition) is 5. The Morgan fingerprint density at radius 1 is 1.03 bits per heavy atom. The zero-order valence-electron chi connectivity index (χ0n) is 19.7. The number of aliphatic carboxylic acids is 1. The Bertz CT molecular complexity index is 673. The molecule has 0 bridgehead atoms. The van der Waals surface area contributed by atoms with E-state index in [4.69, 9.17) is 4.74 Å². The highest BCUT2D eigenvalue weighted by Crippen LogP contribution is 2.31. The first-order valence-electron chi connectivity index (χ1n) is 11.8. The molecule has 2 fully saturated rings. The molecule has 9 nitrogen and oxygen atoms in total. The summed E-state index contributed by atoms with van der Waals surface area (Å²) in [7, 11) is 0. The predicted molar refractivity (Wildman–Crippen MR) is 119 cm³/mol. The van der Waals surface area contributed by atoms with E-state index in [0.717, 1.165) is 25.7 Å². The van der Waals surface area contributed by atoms with Gasteiger partial charge in [0.2, 0.25) is 11.8 Å². The van der Waals surface area contributed by atoms with Gasteiger partial charge in [-0.25, -0.2) is 9.59 Å². The van der Waals surface area contributed by atoms with E-state index in [1.54, 1.807) is 0 Å². The van der Waals surface area contributed by atoms with Crippen LogP contribution < -0.4 is 16.0 Å². The lowest BCUT2D eigenvalue weighted by atomic mass is 9.80. The Morgan fingerprint density at radius 2 is 1.69 bits per heavy atom. The van der Waals surface area contributed by atoms with E-state index in [1.165, 1.54) is 0 Å². The van der Waals surface area contributed by atoms with Crippen LogP contribution in [0.15, 0.2) is 0 Å². The van der Waals surface area contributed by atoms with Gasteiger partial charge in [0.05, 0.1) is 0 Å². The summed E-state index contributed by atoms with van der Waals surface area (Å²) in [5, 5.41) is 17.3. The number of rotatable bonds is 10. The van der Waals surface area contributed by atoms with Crippen LogP contribution in [0.25, 0.3) is 0 Å². The summed E-state index contributed by atoms with van der Waals surface area (Å²) in [6, 6.07) is -2.11. The number of ether oxygens (including phenoxy) is 1. The minimum atomic E-state index is -1.20. The SMILES string of the molecule is CC(C)CC(NC(=O)OC1CCC(C(C)C)CC1)C(=O)NC(C[C@@H]1CCNC1=O)C(=O)O. The van der Waals surface area contributed by atoms with Gasteiger partial charge >= 0.3 is 12.1 Å². The van der Waals surface area contributed by atoms with Gasteiger partial charge in [0, 0.05) is 12.5 Å². The number of carboxylic acids is 1. The van der Waals surface area contributed by atoms with Gasteiger partial charge in [-0.15, -0.1) is 0 Å². The van der Waals surface area contributed by atoms with E-state index in [2.05, 4.69) is 29.8 Å². The van der Waals surface area contributed by atoms with Gasteiger partial charge in [0.15, 0.2) is 0 Å². The molecule has 1 aliphatic heterocycles. The molecule has 1 aliphatic carbocycles. The van der Waals surface area contributed by atoms with Crippen LogP contribution in [0.1, 0.15) is 72.6 Å². The van der Waals surface area contributed by atoms with Gasteiger partial charge in [-0.3, -0.25) is 9.59 Å². The Balaban J connectivity index is 1.92. The number of carbonyl (C=O) groups excluding carboxylic acids is 3. The van der Waals surface area contributed by atoms with Crippen LogP contribution in [-0.2, 0) is 19.1 Å². The molecule has 1 heterocycles. The van der Waals surface area contributed by atoms with Crippen molar-refractivity contribution in [1.82, 2.24) is 16.0 Å². The largest absolute Gasteiger partial charge is 0.480 e. The Labute approximate surface area is 190 Å². The molecule has 1 saturated carbocycles. The number of carboxylic acid groups (broad SMARTS) is 1. The number of nitrogens with one attached hydrogen (secondary N) is 3. The summed E-state index contributed by atoms with van der Waals surface area (Å²) >= 11 is 0. The van der Waals surface area contributed by atoms with Gasteiger partial charge < -0.3 is 25.8 Å². The summed E-state index contributed by atoms with van der Waals surface area (Å²) in [6.07, 6.45) is 3.73. The summed E-state index contributed by atoms with van der Waals surface area (Å²) < 4.78 is 5.56. The minimum Gasteiger partial charge on any atom is -0.480 e. The first kappa shape index (κ1) is 25.9. The van der Waals surface area contributed by atoms with Crippen molar-refractivity contribution in [3.63, 3.8) is 0 Å². The maximum absolute atomic E-state index is 12.8. The van der Waals surface area contributed by atoms with Crippen molar-refractivity contribution >= 4 is 23.9 Å². The molecule has 3 atom stereocenters. The highest BCUT2D eigenvalue weighted by Gasteiger charge is 2.34. The monoisotopic (exact) mass is 453 g/mol. The first-order valence-corrected chi connectivity index (χ1v) is 11.8. The fourth-order valence-electron chi connectivity index (χ4n) is 4.55. The Morgan fingerprint density at radius 3 is 2.19 bits per heavy atom. The zero-order valence-corrected chi connectivity index (χ0v) is 19.7. The van der Waals surface area contributed by atoms with Crippen molar-refractivity contribution in [2.24, 2.45) is 23.7 Å². The Kier molecular flexibility index (Phi) is 9.78. The van der Waals surface area contributed by atoms with Gasteiger partial charge in [-0.05, 0) is 62.7 Å². The summed E-state index contributed by atoms with van der Waals surface area (Å²) in [6.45, 7) is 8.75. The average molecular weight is 454 g/mol. The van der Waals surface area contributed by atoms with Crippen LogP contribution in [0.3, 0.4) is 0 Å². The topological polar surface area (TPSA) is 134 Å². The third-order valence-electron chi connectivity index (χ3n) is 6.55. The molecule has 2 aliphatic rings. The van der Waals surface area contributed by atoms with Crippen molar-refractivity contribution in [2.75, 3.05) is 6.54 Å². The van der Waals surface area contributed by atoms with Crippen molar-refractivity contribution in [1.29, 1.82) is 0 Å². The van der Waals surface area contributed by atoms with Crippen molar-refractivity contribution in [3.8, 4) is 0 Å². The Hall–Kier alpha value is -2.32. The fourth-order valence-corrected chi connectivity index (χ4v) is 4.55. The highest BCUT2D eigenvalue weighted by atomic mass is 16.6. The molecule has 9 heteroatoms. The van der Waals surface area contributed by atoms with E-state index in [-0.39, 0.29) is 24.3 Å². The van der Waals surface area contributed by atoms with E-state index in [0.29, 0.717) is 31.2 Å². The maximum atomic E-state index is 12.8. The smallest absolute Gasteiger partial charge is 0.408 e. The van der Waals surface area contributed by atoms with Gasteiger partial charge in [-0.2, -0.15) is 0 Å². The molecule has 1 saturated heterocycles. The third-order valence-corrected chi connectivity index (χ3v) is 6.55. The molecular weight excluding hydrogens is 414 g/mol. The molecule has 182 valence electrons. The molecule has 2 rings (SSSR count). The lowest BCUT2D eigenvalue weighted by Gasteiger charge is -2.31. The molecule has 2 unspecified atom stereocenters. The molecule has 0 aromatic heterocycles. The highest BCUT2D eigenvalue weighted by molar-refractivity contribution is 5.90. The lowest BCUT2D eigenvalue weighted by Crippen LogP contribution is -2.53. The summed E-state index contributed by atoms with van der Waals surface area (Å²) in [5.41, 5.74) is 0. The number of amides is 3. The molecule has 0 spiro atoms. The normalized spacial score (nSPS) is 25.2. The van der Waals surface area contributed by atoms with Gasteiger partial charge in [0.1, 0.15) is 18.2 Å². The van der Waals surface area contributed by atoms with Crippen LogP contribution in [0, 0.1) is 23.7 Å². The molecule has 32 heavy (non-hydrogen) atoms. The van der Waals surface area contributed by atoms with Crippen LogP contribution >= 0.6 is 0 Å². The van der Waals surface area contributed by atoms with Crippen molar-refractivity contribution in [2.45, 2.75) is 90.8 Å². The number of carbonyl (C=O) groups is 4. The van der Waals surface area contributed by atoms with Crippen LogP contribution in [0.2, 0.25) is 0 Å². The van der Waals surface area contributed by atoms with Crippen LogP contribution in [-0.4, -0.2) is 53.7 Å². The zero-order chi connectivity index (χ0) is 23.8.